The van der Waals surface area contributed by atoms with Crippen molar-refractivity contribution in [1.82, 2.24) is 24.9 Å². The molecule has 7 nitrogen and oxygen atoms in total. The topological polar surface area (TPSA) is 82.9 Å². The predicted octanol–water partition coefficient (Wildman–Crippen LogP) is 3.41. The van der Waals surface area contributed by atoms with Crippen LogP contribution in [-0.4, -0.2) is 38.1 Å². The van der Waals surface area contributed by atoms with Gasteiger partial charge in [-0.3, -0.25) is 0 Å². The fraction of sp³-hybridized carbons (Fsp3) is 0.316. The lowest BCUT2D eigenvalue weighted by Crippen LogP contribution is -2.01. The predicted molar refractivity (Wildman–Crippen MR) is 98.1 cm³/mol. The zero-order valence-corrected chi connectivity index (χ0v) is 15.4. The molecule has 0 saturated heterocycles. The summed E-state index contributed by atoms with van der Waals surface area (Å²) in [4.78, 5) is 22.2. The van der Waals surface area contributed by atoms with Crippen LogP contribution in [0.2, 0.25) is 0 Å². The molecule has 0 radical (unpaired) electrons. The van der Waals surface area contributed by atoms with Crippen LogP contribution in [0.1, 0.15) is 25.5 Å². The van der Waals surface area contributed by atoms with Crippen molar-refractivity contribution >= 4 is 0 Å². The van der Waals surface area contributed by atoms with Crippen molar-refractivity contribution in [3.05, 3.63) is 42.0 Å². The summed E-state index contributed by atoms with van der Waals surface area (Å²) in [6.07, 6.45) is 0. The van der Waals surface area contributed by atoms with Gasteiger partial charge in [0.1, 0.15) is 11.6 Å². The summed E-state index contributed by atoms with van der Waals surface area (Å²) in [5.74, 6) is 2.35. The van der Waals surface area contributed by atoms with Crippen molar-refractivity contribution in [2.45, 2.75) is 27.7 Å². The van der Waals surface area contributed by atoms with Crippen molar-refractivity contribution in [3.8, 4) is 34.5 Å². The molecule has 0 N–H and O–H groups in total. The van der Waals surface area contributed by atoms with Crippen molar-refractivity contribution < 1.29 is 9.47 Å². The molecular weight excluding hydrogens is 330 g/mol. The van der Waals surface area contributed by atoms with E-state index in [1.165, 1.54) is 0 Å². The molecule has 3 heterocycles. The third kappa shape index (κ3) is 4.11. The first-order valence-corrected chi connectivity index (χ1v) is 8.53. The standard InChI is InChI=1S/C19H21N5O2/c1-5-25-18-10-16(20-12(3)22-18)14-8-7-9-15(24-14)17-11-19(26-6-2)23-13(4)21-17/h7-11H,5-6H2,1-4H3. The Morgan fingerprint density at radius 3 is 1.54 bits per heavy atom. The summed E-state index contributed by atoms with van der Waals surface area (Å²) in [5, 5.41) is 0. The van der Waals surface area contributed by atoms with E-state index < -0.39 is 0 Å². The van der Waals surface area contributed by atoms with Gasteiger partial charge in [0.25, 0.3) is 0 Å². The van der Waals surface area contributed by atoms with Gasteiger partial charge >= 0.3 is 0 Å². The zero-order valence-electron chi connectivity index (χ0n) is 15.4. The average Bonchev–Trinajstić information content (AvgIpc) is 2.61. The first-order chi connectivity index (χ1) is 12.6. The Morgan fingerprint density at radius 1 is 0.654 bits per heavy atom. The van der Waals surface area contributed by atoms with Gasteiger partial charge in [-0.05, 0) is 39.8 Å². The van der Waals surface area contributed by atoms with Gasteiger partial charge in [0.2, 0.25) is 11.8 Å². The second kappa shape index (κ2) is 7.86. The van der Waals surface area contributed by atoms with Gasteiger partial charge in [0.05, 0.1) is 36.0 Å². The molecule has 0 spiro atoms. The maximum atomic E-state index is 5.51. The van der Waals surface area contributed by atoms with Crippen LogP contribution in [0, 0.1) is 13.8 Å². The second-order valence-electron chi connectivity index (χ2n) is 5.55. The molecule has 3 aromatic heterocycles. The van der Waals surface area contributed by atoms with Gasteiger partial charge in [-0.1, -0.05) is 6.07 Å². The second-order valence-corrected chi connectivity index (χ2v) is 5.55. The van der Waals surface area contributed by atoms with Gasteiger partial charge < -0.3 is 9.47 Å². The average molecular weight is 351 g/mol. The minimum atomic E-state index is 0.540. The fourth-order valence-electron chi connectivity index (χ4n) is 2.51. The fourth-order valence-corrected chi connectivity index (χ4v) is 2.51. The lowest BCUT2D eigenvalue weighted by atomic mass is 10.2. The van der Waals surface area contributed by atoms with Crippen LogP contribution < -0.4 is 9.47 Å². The molecule has 3 aromatic rings. The Balaban J connectivity index is 2.02. The molecule has 0 aliphatic heterocycles. The van der Waals surface area contributed by atoms with E-state index in [1.54, 1.807) is 12.1 Å². The summed E-state index contributed by atoms with van der Waals surface area (Å²) in [7, 11) is 0. The van der Waals surface area contributed by atoms with E-state index in [2.05, 4.69) is 19.9 Å². The third-order valence-electron chi connectivity index (χ3n) is 3.49. The van der Waals surface area contributed by atoms with Crippen LogP contribution in [0.5, 0.6) is 11.8 Å². The molecule has 0 fully saturated rings. The molecule has 3 rings (SSSR count). The number of hydrogen-bond donors (Lipinski definition) is 0. The van der Waals surface area contributed by atoms with E-state index in [9.17, 15) is 0 Å². The number of nitrogens with zero attached hydrogens (tertiary/aromatic N) is 5. The monoisotopic (exact) mass is 351 g/mol. The van der Waals surface area contributed by atoms with E-state index in [0.29, 0.717) is 48.0 Å². The Morgan fingerprint density at radius 2 is 1.12 bits per heavy atom. The largest absolute Gasteiger partial charge is 0.478 e. The number of aryl methyl sites for hydroxylation is 2. The highest BCUT2D eigenvalue weighted by Crippen LogP contribution is 2.24. The Labute approximate surface area is 152 Å². The summed E-state index contributed by atoms with van der Waals surface area (Å²) in [6, 6.07) is 9.31. The number of hydrogen-bond acceptors (Lipinski definition) is 7. The molecule has 0 aliphatic carbocycles. The highest BCUT2D eigenvalue weighted by molar-refractivity contribution is 5.62. The highest BCUT2D eigenvalue weighted by Gasteiger charge is 2.11. The number of aromatic nitrogens is 5. The van der Waals surface area contributed by atoms with E-state index in [4.69, 9.17) is 14.5 Å². The SMILES string of the molecule is CCOc1cc(-c2cccc(-c3cc(OCC)nc(C)n3)n2)nc(C)n1. The summed E-state index contributed by atoms with van der Waals surface area (Å²) >= 11 is 0. The van der Waals surface area contributed by atoms with Crippen molar-refractivity contribution in [3.63, 3.8) is 0 Å². The number of rotatable bonds is 6. The summed E-state index contributed by atoms with van der Waals surface area (Å²) < 4.78 is 11.0. The molecule has 26 heavy (non-hydrogen) atoms. The lowest BCUT2D eigenvalue weighted by molar-refractivity contribution is 0.325. The molecular formula is C19H21N5O2. The highest BCUT2D eigenvalue weighted by atomic mass is 16.5. The van der Waals surface area contributed by atoms with Gasteiger partial charge in [0.15, 0.2) is 0 Å². The summed E-state index contributed by atoms with van der Waals surface area (Å²) in [6.45, 7) is 8.59. The van der Waals surface area contributed by atoms with Gasteiger partial charge in [-0.15, -0.1) is 0 Å². The van der Waals surface area contributed by atoms with Gasteiger partial charge in [-0.25, -0.2) is 15.0 Å². The van der Waals surface area contributed by atoms with E-state index in [0.717, 1.165) is 11.4 Å². The van der Waals surface area contributed by atoms with Crippen molar-refractivity contribution in [2.75, 3.05) is 13.2 Å². The number of pyridine rings is 1. The minimum absolute atomic E-state index is 0.540. The minimum Gasteiger partial charge on any atom is -0.478 e. The Bertz CT molecular complexity index is 843. The quantitative estimate of drug-likeness (QED) is 0.673. The third-order valence-corrected chi connectivity index (χ3v) is 3.49. The van der Waals surface area contributed by atoms with Crippen molar-refractivity contribution in [1.29, 1.82) is 0 Å². The first-order valence-electron chi connectivity index (χ1n) is 8.53. The van der Waals surface area contributed by atoms with Crippen LogP contribution in [0.25, 0.3) is 22.8 Å². The first kappa shape index (κ1) is 17.7. The lowest BCUT2D eigenvalue weighted by Gasteiger charge is -2.09. The van der Waals surface area contributed by atoms with Crippen LogP contribution in [0.4, 0.5) is 0 Å². The molecule has 0 aromatic carbocycles. The van der Waals surface area contributed by atoms with Gasteiger partial charge in [-0.2, -0.15) is 9.97 Å². The molecule has 0 saturated carbocycles. The molecule has 0 amide bonds. The van der Waals surface area contributed by atoms with Crippen LogP contribution >= 0.6 is 0 Å². The van der Waals surface area contributed by atoms with Crippen LogP contribution in [-0.2, 0) is 0 Å². The molecule has 7 heteroatoms. The maximum absolute atomic E-state index is 5.51. The number of ether oxygens (including phenoxy) is 2. The molecule has 0 unspecified atom stereocenters. The molecule has 0 atom stereocenters. The molecule has 0 aliphatic rings. The normalized spacial score (nSPS) is 10.6. The van der Waals surface area contributed by atoms with E-state index in [1.807, 2.05) is 45.9 Å². The van der Waals surface area contributed by atoms with Crippen LogP contribution in [0.3, 0.4) is 0 Å². The van der Waals surface area contributed by atoms with Crippen LogP contribution in [0.15, 0.2) is 30.3 Å². The Kier molecular flexibility index (Phi) is 5.36. The smallest absolute Gasteiger partial charge is 0.217 e. The zero-order chi connectivity index (χ0) is 18.5. The summed E-state index contributed by atoms with van der Waals surface area (Å²) in [5.41, 5.74) is 2.86. The van der Waals surface area contributed by atoms with Gasteiger partial charge in [0, 0.05) is 12.1 Å². The van der Waals surface area contributed by atoms with E-state index >= 15 is 0 Å². The van der Waals surface area contributed by atoms with E-state index in [-0.39, 0.29) is 0 Å². The molecule has 134 valence electrons. The molecule has 0 bridgehead atoms. The van der Waals surface area contributed by atoms with Crippen molar-refractivity contribution in [2.24, 2.45) is 0 Å². The maximum Gasteiger partial charge on any atom is 0.217 e. The Hall–Kier alpha value is -3.09.